The number of carbonyl (C=O) groups excluding carboxylic acids is 4. The number of amides is 5. The van der Waals surface area contributed by atoms with E-state index in [4.69, 9.17) is 9.57 Å². The van der Waals surface area contributed by atoms with Crippen LogP contribution in [0.2, 0.25) is 0 Å². The molecule has 0 spiro atoms. The van der Waals surface area contributed by atoms with Crippen molar-refractivity contribution in [2.45, 2.75) is 57.9 Å². The Morgan fingerprint density at radius 1 is 1.00 bits per heavy atom. The van der Waals surface area contributed by atoms with Gasteiger partial charge in [0, 0.05) is 19.6 Å². The Balaban J connectivity index is 1.22. The van der Waals surface area contributed by atoms with Crippen molar-refractivity contribution in [3.63, 3.8) is 0 Å². The maximum atomic E-state index is 12.8. The molecule has 2 atom stereocenters. The van der Waals surface area contributed by atoms with Crippen molar-refractivity contribution in [2.75, 3.05) is 19.6 Å². The summed E-state index contributed by atoms with van der Waals surface area (Å²) in [6.45, 7) is 6.44. The van der Waals surface area contributed by atoms with Gasteiger partial charge >= 0.3 is 12.1 Å². The lowest BCUT2D eigenvalue weighted by atomic mass is 10.00. The number of ether oxygens (including phenoxy) is 1. The summed E-state index contributed by atoms with van der Waals surface area (Å²) in [7, 11) is 0. The summed E-state index contributed by atoms with van der Waals surface area (Å²) in [4.78, 5) is 58.6. The first kappa shape index (κ1) is 23.8. The maximum Gasteiger partial charge on any atom is 0.410 e. The smallest absolute Gasteiger partial charge is 0.410 e. The van der Waals surface area contributed by atoms with Crippen LogP contribution in [0.4, 0.5) is 9.59 Å². The van der Waals surface area contributed by atoms with Gasteiger partial charge in [0.1, 0.15) is 18.2 Å². The van der Waals surface area contributed by atoms with Crippen LogP contribution in [0.15, 0.2) is 30.3 Å². The molecular formula is C23H31N5O6. The lowest BCUT2D eigenvalue weighted by molar-refractivity contribution is -0.140. The van der Waals surface area contributed by atoms with E-state index in [1.54, 1.807) is 20.8 Å². The number of urea groups is 1. The maximum absolute atomic E-state index is 12.8. The van der Waals surface area contributed by atoms with Crippen molar-refractivity contribution in [1.82, 2.24) is 25.7 Å². The lowest BCUT2D eigenvalue weighted by Crippen LogP contribution is -2.60. The van der Waals surface area contributed by atoms with Gasteiger partial charge in [-0.15, -0.1) is 0 Å². The minimum Gasteiger partial charge on any atom is -0.444 e. The Bertz CT molecular complexity index is 943. The van der Waals surface area contributed by atoms with Gasteiger partial charge in [0.25, 0.3) is 5.91 Å². The molecule has 3 fully saturated rings. The fourth-order valence-corrected chi connectivity index (χ4v) is 4.22. The molecule has 0 aromatic heterocycles. The van der Waals surface area contributed by atoms with Gasteiger partial charge in [-0.25, -0.2) is 9.59 Å². The summed E-state index contributed by atoms with van der Waals surface area (Å²) in [6.07, 6.45) is 0.624. The van der Waals surface area contributed by atoms with Crippen molar-refractivity contribution in [2.24, 2.45) is 5.92 Å². The van der Waals surface area contributed by atoms with E-state index in [0.29, 0.717) is 19.4 Å². The molecule has 1 aromatic carbocycles. The Hall–Kier alpha value is -3.34. The van der Waals surface area contributed by atoms with E-state index in [2.05, 4.69) is 10.9 Å². The lowest BCUT2D eigenvalue weighted by Gasteiger charge is -2.38. The van der Waals surface area contributed by atoms with Gasteiger partial charge in [-0.3, -0.25) is 25.3 Å². The molecule has 5 amide bonds. The molecule has 0 saturated carbocycles. The standard InChI is InChI=1S/C23H31N5O6/c1-23(2,3)34-22(32)26-11-16(12-26)19(29)24-25-20(30)18-10-9-17-13-27(18)21(31)28(17)33-14-15-7-5-4-6-8-15/h4-8,16-18H,9-14H2,1-3H3,(H,24,29)(H,25,30)/t17-,18-/m0/s1. The highest BCUT2D eigenvalue weighted by atomic mass is 16.7. The van der Waals surface area contributed by atoms with Gasteiger partial charge < -0.3 is 14.5 Å². The molecule has 0 unspecified atom stereocenters. The van der Waals surface area contributed by atoms with E-state index in [-0.39, 0.29) is 37.7 Å². The molecule has 3 aliphatic rings. The van der Waals surface area contributed by atoms with Gasteiger partial charge in [0.15, 0.2) is 0 Å². The Labute approximate surface area is 198 Å². The molecule has 3 aliphatic heterocycles. The predicted molar refractivity (Wildman–Crippen MR) is 120 cm³/mol. The monoisotopic (exact) mass is 473 g/mol. The number of carbonyl (C=O) groups is 4. The molecule has 3 saturated heterocycles. The minimum absolute atomic E-state index is 0.108. The summed E-state index contributed by atoms with van der Waals surface area (Å²) in [5.74, 6) is -1.27. The van der Waals surface area contributed by atoms with Crippen LogP contribution >= 0.6 is 0 Å². The van der Waals surface area contributed by atoms with Crippen LogP contribution in [0, 0.1) is 5.92 Å². The molecule has 184 valence electrons. The number of benzene rings is 1. The highest BCUT2D eigenvalue weighted by Crippen LogP contribution is 2.30. The molecular weight excluding hydrogens is 442 g/mol. The third-order valence-corrected chi connectivity index (χ3v) is 6.05. The van der Waals surface area contributed by atoms with E-state index >= 15 is 0 Å². The quantitative estimate of drug-likeness (QED) is 0.624. The van der Waals surface area contributed by atoms with E-state index in [1.165, 1.54) is 14.9 Å². The second kappa shape index (κ2) is 9.49. The Kier molecular flexibility index (Phi) is 6.65. The van der Waals surface area contributed by atoms with Gasteiger partial charge in [0.2, 0.25) is 5.91 Å². The topological polar surface area (TPSA) is 121 Å². The first-order chi connectivity index (χ1) is 16.1. The van der Waals surface area contributed by atoms with Gasteiger partial charge in [0.05, 0.1) is 12.0 Å². The number of nitrogens with zero attached hydrogens (tertiary/aromatic N) is 3. The van der Waals surface area contributed by atoms with E-state index in [9.17, 15) is 19.2 Å². The summed E-state index contributed by atoms with van der Waals surface area (Å²) in [5.41, 5.74) is 5.20. The van der Waals surface area contributed by atoms with Crippen LogP contribution < -0.4 is 10.9 Å². The number of hydrogen-bond acceptors (Lipinski definition) is 6. The van der Waals surface area contributed by atoms with Crippen molar-refractivity contribution in [1.29, 1.82) is 0 Å². The van der Waals surface area contributed by atoms with Crippen LogP contribution in [0.5, 0.6) is 0 Å². The second-order valence-corrected chi connectivity index (χ2v) is 9.83. The fourth-order valence-electron chi connectivity index (χ4n) is 4.22. The first-order valence-electron chi connectivity index (χ1n) is 11.5. The number of fused-ring (bicyclic) bond motifs is 2. The Morgan fingerprint density at radius 2 is 1.68 bits per heavy atom. The number of hydrazine groups is 1. The first-order valence-corrected chi connectivity index (χ1v) is 11.5. The number of hydrogen-bond donors (Lipinski definition) is 2. The molecule has 2 N–H and O–H groups in total. The van der Waals surface area contributed by atoms with Crippen molar-refractivity contribution < 1.29 is 28.8 Å². The minimum atomic E-state index is -0.686. The van der Waals surface area contributed by atoms with E-state index in [0.717, 1.165) is 5.56 Å². The summed E-state index contributed by atoms with van der Waals surface area (Å²) in [6, 6.07) is 8.41. The molecule has 3 heterocycles. The summed E-state index contributed by atoms with van der Waals surface area (Å²) < 4.78 is 5.27. The van der Waals surface area contributed by atoms with E-state index in [1.807, 2.05) is 30.3 Å². The number of likely N-dealkylation sites (tertiary alicyclic amines) is 1. The van der Waals surface area contributed by atoms with Crippen LogP contribution in [0.3, 0.4) is 0 Å². The van der Waals surface area contributed by atoms with Gasteiger partial charge in [-0.05, 0) is 39.2 Å². The molecule has 11 nitrogen and oxygen atoms in total. The van der Waals surface area contributed by atoms with E-state index < -0.39 is 29.6 Å². The number of hydroxylamine groups is 2. The zero-order chi connectivity index (χ0) is 24.5. The third-order valence-electron chi connectivity index (χ3n) is 6.05. The van der Waals surface area contributed by atoms with Gasteiger partial charge in [-0.2, -0.15) is 5.06 Å². The molecule has 34 heavy (non-hydrogen) atoms. The zero-order valence-electron chi connectivity index (χ0n) is 19.7. The second-order valence-electron chi connectivity index (χ2n) is 9.83. The van der Waals surface area contributed by atoms with Crippen LogP contribution in [0.1, 0.15) is 39.2 Å². The average molecular weight is 474 g/mol. The average Bonchev–Trinajstić information content (AvgIpc) is 2.98. The number of nitrogens with one attached hydrogen (secondary N) is 2. The van der Waals surface area contributed by atoms with Crippen molar-refractivity contribution in [3.8, 4) is 0 Å². The molecule has 0 aliphatic carbocycles. The van der Waals surface area contributed by atoms with Crippen molar-refractivity contribution in [3.05, 3.63) is 35.9 Å². The Morgan fingerprint density at radius 3 is 2.35 bits per heavy atom. The van der Waals surface area contributed by atoms with Crippen LogP contribution in [-0.4, -0.2) is 76.1 Å². The SMILES string of the molecule is CC(C)(C)OC(=O)N1CC(C(=O)NNC(=O)[C@@H]2CC[C@H]3CN2C(=O)N3OCc2ccccc2)C1. The summed E-state index contributed by atoms with van der Waals surface area (Å²) in [5, 5.41) is 1.36. The number of rotatable bonds is 5. The molecule has 0 radical (unpaired) electrons. The van der Waals surface area contributed by atoms with Gasteiger partial charge in [-0.1, -0.05) is 30.3 Å². The highest BCUT2D eigenvalue weighted by molar-refractivity contribution is 5.90. The zero-order valence-corrected chi connectivity index (χ0v) is 19.7. The normalized spacial score (nSPS) is 22.3. The molecule has 2 bridgehead atoms. The predicted octanol–water partition coefficient (Wildman–Crippen LogP) is 1.40. The molecule has 1 aromatic rings. The van der Waals surface area contributed by atoms with Crippen molar-refractivity contribution >= 4 is 23.9 Å². The number of piperidine rings is 1. The highest BCUT2D eigenvalue weighted by Gasteiger charge is 2.48. The van der Waals surface area contributed by atoms with Crippen LogP contribution in [-0.2, 0) is 25.8 Å². The largest absolute Gasteiger partial charge is 0.444 e. The molecule has 4 rings (SSSR count). The van der Waals surface area contributed by atoms with Crippen LogP contribution in [0.25, 0.3) is 0 Å². The summed E-state index contributed by atoms with van der Waals surface area (Å²) >= 11 is 0. The third kappa shape index (κ3) is 5.24. The fraction of sp³-hybridized carbons (Fsp3) is 0.565. The molecule has 11 heteroatoms.